The number of benzene rings is 1. The average molecular weight is 383 g/mol. The summed E-state index contributed by atoms with van der Waals surface area (Å²) in [6.07, 6.45) is 1.49. The molecule has 142 valence electrons. The lowest BCUT2D eigenvalue weighted by Gasteiger charge is -2.21. The highest BCUT2D eigenvalue weighted by Gasteiger charge is 2.25. The van der Waals surface area contributed by atoms with Crippen molar-refractivity contribution in [2.24, 2.45) is 0 Å². The third kappa shape index (κ3) is 2.92. The number of halogens is 2. The Morgan fingerprint density at radius 1 is 1.18 bits per heavy atom. The Kier molecular flexibility index (Phi) is 4.38. The van der Waals surface area contributed by atoms with Gasteiger partial charge < -0.3 is 13.8 Å². The number of rotatable bonds is 4. The molecule has 3 aromatic heterocycles. The minimum Gasteiger partial charge on any atom is -0.463 e. The molecule has 0 radical (unpaired) electrons. The number of furan rings is 1. The lowest BCUT2D eigenvalue weighted by molar-refractivity contribution is 0.0989. The Bertz CT molecular complexity index is 1170. The number of nitrogens with zero attached hydrogens (tertiary/aromatic N) is 3. The maximum absolute atomic E-state index is 13.7. The van der Waals surface area contributed by atoms with Crippen molar-refractivity contribution in [2.45, 2.75) is 13.8 Å². The second-order valence-corrected chi connectivity index (χ2v) is 6.13. The summed E-state index contributed by atoms with van der Waals surface area (Å²) in [7, 11) is 0. The summed E-state index contributed by atoms with van der Waals surface area (Å²) in [5.41, 5.74) is 1.61. The van der Waals surface area contributed by atoms with Gasteiger partial charge in [0.25, 0.3) is 11.6 Å². The molecule has 0 fully saturated rings. The van der Waals surface area contributed by atoms with Gasteiger partial charge in [-0.3, -0.25) is 4.79 Å². The van der Waals surface area contributed by atoms with Crippen molar-refractivity contribution in [1.29, 1.82) is 0 Å². The molecule has 4 aromatic rings. The van der Waals surface area contributed by atoms with E-state index in [-0.39, 0.29) is 23.5 Å². The Morgan fingerprint density at radius 2 is 2.00 bits per heavy atom. The molecule has 0 aliphatic carbocycles. The number of hydrogen-bond acceptors (Lipinski definition) is 5. The zero-order valence-electron chi connectivity index (χ0n) is 15.1. The van der Waals surface area contributed by atoms with E-state index < -0.39 is 17.5 Å². The first-order valence-corrected chi connectivity index (χ1v) is 8.57. The number of fused-ring (bicyclic) bond motifs is 1. The molecule has 0 aliphatic rings. The van der Waals surface area contributed by atoms with Crippen LogP contribution in [0.4, 0.5) is 14.5 Å². The van der Waals surface area contributed by atoms with Crippen molar-refractivity contribution in [2.75, 3.05) is 11.4 Å². The van der Waals surface area contributed by atoms with Gasteiger partial charge in [0.05, 0.1) is 22.9 Å². The molecule has 3 heterocycles. The summed E-state index contributed by atoms with van der Waals surface area (Å²) in [6.45, 7) is 3.68. The highest BCUT2D eigenvalue weighted by atomic mass is 19.2. The van der Waals surface area contributed by atoms with Crippen LogP contribution in [0.3, 0.4) is 0 Å². The Morgan fingerprint density at radius 3 is 2.68 bits per heavy atom. The lowest BCUT2D eigenvalue weighted by atomic mass is 10.1. The van der Waals surface area contributed by atoms with Crippen molar-refractivity contribution >= 4 is 22.7 Å². The van der Waals surface area contributed by atoms with E-state index in [4.69, 9.17) is 8.94 Å². The van der Waals surface area contributed by atoms with Gasteiger partial charge >= 0.3 is 0 Å². The normalized spacial score (nSPS) is 11.1. The summed E-state index contributed by atoms with van der Waals surface area (Å²) in [5, 5.41) is 4.36. The molecular formula is C20H15F2N3O3. The summed E-state index contributed by atoms with van der Waals surface area (Å²) >= 11 is 0. The third-order valence-electron chi connectivity index (χ3n) is 4.40. The van der Waals surface area contributed by atoms with Gasteiger partial charge in [-0.2, -0.15) is 0 Å². The maximum atomic E-state index is 13.7. The van der Waals surface area contributed by atoms with Crippen LogP contribution < -0.4 is 4.90 Å². The van der Waals surface area contributed by atoms with Crippen molar-refractivity contribution in [1.82, 2.24) is 10.1 Å². The van der Waals surface area contributed by atoms with E-state index in [2.05, 4.69) is 10.1 Å². The fourth-order valence-electron chi connectivity index (χ4n) is 3.06. The maximum Gasteiger partial charge on any atom is 0.259 e. The SMILES string of the molecule is CCN(C(=O)c1cc(-c2ccco2)nc2onc(C)c12)c1ccc(F)c(F)c1. The lowest BCUT2D eigenvalue weighted by Crippen LogP contribution is -2.31. The van der Waals surface area contributed by atoms with Crippen LogP contribution in [0, 0.1) is 18.6 Å². The van der Waals surface area contributed by atoms with Gasteiger partial charge in [0.15, 0.2) is 17.4 Å². The predicted octanol–water partition coefficient (Wildman–Crippen LogP) is 4.74. The van der Waals surface area contributed by atoms with E-state index in [1.807, 2.05) is 0 Å². The number of pyridine rings is 1. The number of carbonyl (C=O) groups excluding carboxylic acids is 1. The average Bonchev–Trinajstić information content (AvgIpc) is 3.35. The second kappa shape index (κ2) is 6.88. The van der Waals surface area contributed by atoms with Gasteiger partial charge in [-0.15, -0.1) is 0 Å². The van der Waals surface area contributed by atoms with Crippen molar-refractivity contribution in [3.63, 3.8) is 0 Å². The monoisotopic (exact) mass is 383 g/mol. The first-order chi connectivity index (χ1) is 13.5. The fraction of sp³-hybridized carbons (Fsp3) is 0.150. The van der Waals surface area contributed by atoms with Gasteiger partial charge in [-0.05, 0) is 44.2 Å². The number of anilines is 1. The van der Waals surface area contributed by atoms with Crippen LogP contribution >= 0.6 is 0 Å². The minimum absolute atomic E-state index is 0.191. The van der Waals surface area contributed by atoms with Crippen molar-refractivity contribution in [3.8, 4) is 11.5 Å². The zero-order chi connectivity index (χ0) is 19.8. The largest absolute Gasteiger partial charge is 0.463 e. The van der Waals surface area contributed by atoms with Gasteiger partial charge in [-0.25, -0.2) is 13.8 Å². The molecule has 0 atom stereocenters. The molecule has 1 aromatic carbocycles. The second-order valence-electron chi connectivity index (χ2n) is 6.13. The molecule has 0 saturated heterocycles. The molecule has 0 N–H and O–H groups in total. The minimum atomic E-state index is -1.03. The summed E-state index contributed by atoms with van der Waals surface area (Å²) in [6, 6.07) is 8.32. The highest BCUT2D eigenvalue weighted by molar-refractivity contribution is 6.14. The summed E-state index contributed by atoms with van der Waals surface area (Å²) < 4.78 is 37.6. The molecule has 28 heavy (non-hydrogen) atoms. The smallest absolute Gasteiger partial charge is 0.259 e. The Hall–Kier alpha value is -3.55. The van der Waals surface area contributed by atoms with Crippen LogP contribution in [-0.4, -0.2) is 22.6 Å². The fourth-order valence-corrected chi connectivity index (χ4v) is 3.06. The van der Waals surface area contributed by atoms with Crippen LogP contribution in [0.25, 0.3) is 22.6 Å². The van der Waals surface area contributed by atoms with Gasteiger partial charge in [-0.1, -0.05) is 5.16 Å². The number of amides is 1. The zero-order valence-corrected chi connectivity index (χ0v) is 15.1. The molecule has 0 bridgehead atoms. The first-order valence-electron chi connectivity index (χ1n) is 8.57. The predicted molar refractivity (Wildman–Crippen MR) is 98.0 cm³/mol. The molecule has 0 unspecified atom stereocenters. The molecule has 1 amide bonds. The number of carbonyl (C=O) groups is 1. The number of aryl methyl sites for hydroxylation is 1. The molecule has 6 nitrogen and oxygen atoms in total. The summed E-state index contributed by atoms with van der Waals surface area (Å²) in [4.78, 5) is 19.0. The van der Waals surface area contributed by atoms with Gasteiger partial charge in [0.2, 0.25) is 0 Å². The van der Waals surface area contributed by atoms with Crippen LogP contribution in [0.15, 0.2) is 51.6 Å². The van der Waals surface area contributed by atoms with E-state index in [9.17, 15) is 13.6 Å². The van der Waals surface area contributed by atoms with E-state index >= 15 is 0 Å². The van der Waals surface area contributed by atoms with Crippen LogP contribution in [0.5, 0.6) is 0 Å². The molecule has 0 spiro atoms. The topological polar surface area (TPSA) is 72.4 Å². The first kappa shape index (κ1) is 17.8. The van der Waals surface area contributed by atoms with Gasteiger partial charge in [0.1, 0.15) is 5.69 Å². The van der Waals surface area contributed by atoms with Crippen LogP contribution in [0.2, 0.25) is 0 Å². The quantitative estimate of drug-likeness (QED) is 0.509. The highest BCUT2D eigenvalue weighted by Crippen LogP contribution is 2.29. The van der Waals surface area contributed by atoms with Gasteiger partial charge in [0, 0.05) is 18.3 Å². The number of aromatic nitrogens is 2. The molecule has 8 heteroatoms. The standard InChI is InChI=1S/C20H15F2N3O3/c1-3-25(12-6-7-14(21)15(22)9-12)20(26)13-10-16(17-5-4-8-27-17)23-19-18(13)11(2)24-28-19/h4-10H,3H2,1-2H3. The number of hydrogen-bond donors (Lipinski definition) is 0. The summed E-state index contributed by atoms with van der Waals surface area (Å²) in [5.74, 6) is -1.96. The Balaban J connectivity index is 1.87. The van der Waals surface area contributed by atoms with E-state index in [0.717, 1.165) is 12.1 Å². The molecule has 0 aliphatic heterocycles. The van der Waals surface area contributed by atoms with Crippen LogP contribution in [0.1, 0.15) is 23.0 Å². The van der Waals surface area contributed by atoms with Crippen molar-refractivity contribution in [3.05, 3.63) is 65.6 Å². The third-order valence-corrected chi connectivity index (χ3v) is 4.40. The molecule has 4 rings (SSSR count). The molecule has 0 saturated carbocycles. The van der Waals surface area contributed by atoms with Crippen LogP contribution in [-0.2, 0) is 0 Å². The van der Waals surface area contributed by atoms with E-state index in [1.54, 1.807) is 32.0 Å². The molecular weight excluding hydrogens is 368 g/mol. The van der Waals surface area contributed by atoms with E-state index in [0.29, 0.717) is 22.5 Å². The Labute approximate surface area is 158 Å². The van der Waals surface area contributed by atoms with E-state index in [1.165, 1.54) is 17.2 Å². The van der Waals surface area contributed by atoms with Crippen molar-refractivity contribution < 1.29 is 22.5 Å².